The van der Waals surface area contributed by atoms with Gasteiger partial charge in [0.05, 0.1) is 11.2 Å². The number of allylic oxidation sites excluding steroid dienone is 1. The van der Waals surface area contributed by atoms with Crippen molar-refractivity contribution in [3.8, 4) is 0 Å². The lowest BCUT2D eigenvalue weighted by Crippen LogP contribution is -2.42. The van der Waals surface area contributed by atoms with Crippen LogP contribution >= 0.6 is 11.6 Å². The van der Waals surface area contributed by atoms with Gasteiger partial charge < -0.3 is 4.90 Å². The molecular weight excluding hydrogens is 304 g/mol. The van der Waals surface area contributed by atoms with Crippen LogP contribution in [0, 0.1) is 0 Å². The van der Waals surface area contributed by atoms with Crippen LogP contribution in [0.25, 0.3) is 5.57 Å². The molecule has 0 saturated carbocycles. The second-order valence-corrected chi connectivity index (χ2v) is 6.99. The summed E-state index contributed by atoms with van der Waals surface area (Å²) in [7, 11) is 2.14. The zero-order valence-electron chi connectivity index (χ0n) is 14.0. The summed E-state index contributed by atoms with van der Waals surface area (Å²) in [5.74, 6) is 0. The van der Waals surface area contributed by atoms with E-state index in [-0.39, 0.29) is 5.54 Å². The molecule has 0 amide bonds. The molecule has 23 heavy (non-hydrogen) atoms. The minimum Gasteiger partial charge on any atom is -0.366 e. The summed E-state index contributed by atoms with van der Waals surface area (Å²) >= 11 is 6.00. The highest BCUT2D eigenvalue weighted by molar-refractivity contribution is 6.30. The summed E-state index contributed by atoms with van der Waals surface area (Å²) in [5, 5.41) is 0.702. The molecule has 0 radical (unpaired) electrons. The number of halogens is 1. The van der Waals surface area contributed by atoms with Gasteiger partial charge in [0, 0.05) is 29.5 Å². The van der Waals surface area contributed by atoms with Gasteiger partial charge in [0.25, 0.3) is 0 Å². The van der Waals surface area contributed by atoms with E-state index in [0.717, 1.165) is 11.3 Å². The van der Waals surface area contributed by atoms with Crippen molar-refractivity contribution in [3.05, 3.63) is 64.7 Å². The van der Waals surface area contributed by atoms with E-state index in [9.17, 15) is 0 Å². The quantitative estimate of drug-likeness (QED) is 0.645. The van der Waals surface area contributed by atoms with Crippen molar-refractivity contribution in [1.29, 1.82) is 0 Å². The minimum atomic E-state index is 0.0352. The van der Waals surface area contributed by atoms with E-state index in [1.54, 1.807) is 0 Å². The number of fused-ring (bicyclic) bond motifs is 1. The first-order valence-electron chi connectivity index (χ1n) is 7.74. The Morgan fingerprint density at radius 2 is 1.91 bits per heavy atom. The molecule has 2 nitrogen and oxygen atoms in total. The fraction of sp³-hybridized carbons (Fsp3) is 0.250. The second-order valence-electron chi connectivity index (χ2n) is 6.55. The lowest BCUT2D eigenvalue weighted by atomic mass is 9.89. The number of anilines is 1. The van der Waals surface area contributed by atoms with E-state index in [0.29, 0.717) is 5.02 Å². The SMILES string of the molecule is CC1=CC(C)(C)N(C)c2ccc(C=Nc3cccc(Cl)c3)cc21. The third-order valence-electron chi connectivity index (χ3n) is 4.41. The molecular formula is C20H21ClN2. The Morgan fingerprint density at radius 3 is 2.65 bits per heavy atom. The van der Waals surface area contributed by atoms with E-state index >= 15 is 0 Å². The number of hydrogen-bond donors (Lipinski definition) is 0. The first-order chi connectivity index (χ1) is 10.9. The van der Waals surface area contributed by atoms with Crippen molar-refractivity contribution in [3.63, 3.8) is 0 Å². The highest BCUT2D eigenvalue weighted by Gasteiger charge is 2.28. The fourth-order valence-corrected chi connectivity index (χ4v) is 3.15. The van der Waals surface area contributed by atoms with Crippen LogP contribution in [-0.4, -0.2) is 18.8 Å². The summed E-state index contributed by atoms with van der Waals surface area (Å²) in [6.07, 6.45) is 4.20. The average Bonchev–Trinajstić information content (AvgIpc) is 2.50. The maximum Gasteiger partial charge on any atom is 0.0644 e. The molecule has 118 valence electrons. The van der Waals surface area contributed by atoms with Crippen molar-refractivity contribution in [2.45, 2.75) is 26.3 Å². The van der Waals surface area contributed by atoms with Gasteiger partial charge in [-0.15, -0.1) is 0 Å². The van der Waals surface area contributed by atoms with Crippen molar-refractivity contribution in [2.75, 3.05) is 11.9 Å². The number of nitrogens with zero attached hydrogens (tertiary/aromatic N) is 2. The first kappa shape index (κ1) is 15.8. The van der Waals surface area contributed by atoms with E-state index in [2.05, 4.69) is 62.0 Å². The minimum absolute atomic E-state index is 0.0352. The Morgan fingerprint density at radius 1 is 1.13 bits per heavy atom. The largest absolute Gasteiger partial charge is 0.366 e. The lowest BCUT2D eigenvalue weighted by molar-refractivity contribution is 0.598. The Bertz CT molecular complexity index is 803. The fourth-order valence-electron chi connectivity index (χ4n) is 2.96. The number of aliphatic imine (C=N–C) groups is 1. The maximum absolute atomic E-state index is 6.00. The third kappa shape index (κ3) is 3.18. The molecule has 2 aromatic carbocycles. The van der Waals surface area contributed by atoms with Gasteiger partial charge in [0.2, 0.25) is 0 Å². The molecule has 3 rings (SSSR count). The Balaban J connectivity index is 1.94. The normalized spacial score (nSPS) is 16.4. The van der Waals surface area contributed by atoms with Crippen molar-refractivity contribution in [2.24, 2.45) is 4.99 Å². The molecule has 0 N–H and O–H groups in total. The van der Waals surface area contributed by atoms with Crippen LogP contribution in [0.3, 0.4) is 0 Å². The van der Waals surface area contributed by atoms with E-state index in [1.807, 2.05) is 30.5 Å². The molecule has 1 heterocycles. The maximum atomic E-state index is 6.00. The molecule has 2 aromatic rings. The highest BCUT2D eigenvalue weighted by Crippen LogP contribution is 2.37. The van der Waals surface area contributed by atoms with Gasteiger partial charge in [0.15, 0.2) is 0 Å². The molecule has 0 fully saturated rings. The molecule has 0 unspecified atom stereocenters. The monoisotopic (exact) mass is 324 g/mol. The molecule has 1 aliphatic heterocycles. The standard InChI is InChI=1S/C20H21ClN2/c1-14-12-20(2,3)23(4)19-9-8-15(10-18(14)19)13-22-17-7-5-6-16(21)11-17/h5-13H,1-4H3. The summed E-state index contributed by atoms with van der Waals surface area (Å²) in [6, 6.07) is 14.0. The van der Waals surface area contributed by atoms with E-state index < -0.39 is 0 Å². The molecule has 3 heteroatoms. The van der Waals surface area contributed by atoms with Gasteiger partial charge in [-0.2, -0.15) is 0 Å². The summed E-state index contributed by atoms with van der Waals surface area (Å²) in [4.78, 5) is 6.83. The lowest BCUT2D eigenvalue weighted by Gasteiger charge is -2.40. The summed E-state index contributed by atoms with van der Waals surface area (Å²) < 4.78 is 0. The number of rotatable bonds is 2. The number of likely N-dealkylation sites (N-methyl/N-ethyl adjacent to an activating group) is 1. The molecule has 0 atom stereocenters. The zero-order valence-corrected chi connectivity index (χ0v) is 14.7. The zero-order chi connectivity index (χ0) is 16.6. The predicted molar refractivity (Wildman–Crippen MR) is 101 cm³/mol. The summed E-state index contributed by atoms with van der Waals surface area (Å²) in [5.41, 5.74) is 5.82. The average molecular weight is 325 g/mol. The Kier molecular flexibility index (Phi) is 4.03. The van der Waals surface area contributed by atoms with Gasteiger partial charge >= 0.3 is 0 Å². The van der Waals surface area contributed by atoms with Crippen molar-refractivity contribution in [1.82, 2.24) is 0 Å². The molecule has 0 spiro atoms. The van der Waals surface area contributed by atoms with Crippen LogP contribution in [-0.2, 0) is 0 Å². The number of benzene rings is 2. The molecule has 1 aliphatic rings. The Labute approximate surface area is 143 Å². The third-order valence-corrected chi connectivity index (χ3v) is 4.65. The van der Waals surface area contributed by atoms with E-state index in [1.165, 1.54) is 16.8 Å². The van der Waals surface area contributed by atoms with Gasteiger partial charge in [-0.25, -0.2) is 0 Å². The van der Waals surface area contributed by atoms with Crippen molar-refractivity contribution < 1.29 is 0 Å². The van der Waals surface area contributed by atoms with Crippen LogP contribution in [0.2, 0.25) is 5.02 Å². The molecule has 0 aliphatic carbocycles. The van der Waals surface area contributed by atoms with Gasteiger partial charge in [0.1, 0.15) is 0 Å². The van der Waals surface area contributed by atoms with Crippen LogP contribution in [0.5, 0.6) is 0 Å². The van der Waals surface area contributed by atoms with Crippen LogP contribution < -0.4 is 4.90 Å². The predicted octanol–water partition coefficient (Wildman–Crippen LogP) is 5.72. The topological polar surface area (TPSA) is 15.6 Å². The first-order valence-corrected chi connectivity index (χ1v) is 8.12. The smallest absolute Gasteiger partial charge is 0.0644 e. The van der Waals surface area contributed by atoms with Gasteiger partial charge in [-0.1, -0.05) is 29.8 Å². The highest BCUT2D eigenvalue weighted by atomic mass is 35.5. The molecule has 0 saturated heterocycles. The van der Waals surface area contributed by atoms with E-state index in [4.69, 9.17) is 11.6 Å². The number of hydrogen-bond acceptors (Lipinski definition) is 2. The molecule has 0 bridgehead atoms. The van der Waals surface area contributed by atoms with Crippen LogP contribution in [0.1, 0.15) is 31.9 Å². The van der Waals surface area contributed by atoms with Crippen molar-refractivity contribution >= 4 is 34.8 Å². The van der Waals surface area contributed by atoms with Crippen LogP contribution in [0.4, 0.5) is 11.4 Å². The van der Waals surface area contributed by atoms with Gasteiger partial charge in [-0.3, -0.25) is 4.99 Å². The summed E-state index contributed by atoms with van der Waals surface area (Å²) in [6.45, 7) is 6.63. The Hall–Kier alpha value is -2.06. The van der Waals surface area contributed by atoms with Crippen LogP contribution in [0.15, 0.2) is 53.5 Å². The molecule has 0 aromatic heterocycles. The van der Waals surface area contributed by atoms with Gasteiger partial charge in [-0.05, 0) is 62.2 Å². The second kappa shape index (κ2) is 5.86.